The summed E-state index contributed by atoms with van der Waals surface area (Å²) >= 11 is 4.80. The van der Waals surface area contributed by atoms with Gasteiger partial charge in [0.15, 0.2) is 5.17 Å². The molecule has 0 aliphatic heterocycles. The van der Waals surface area contributed by atoms with E-state index in [4.69, 9.17) is 11.1 Å². The van der Waals surface area contributed by atoms with Gasteiger partial charge in [0.25, 0.3) is 0 Å². The van der Waals surface area contributed by atoms with Gasteiger partial charge >= 0.3 is 0 Å². The Kier molecular flexibility index (Phi) is 4.00. The number of thioether (sulfide) groups is 1. The molecule has 0 unspecified atom stereocenters. The number of hydrogen-bond donors (Lipinski definition) is 2. The summed E-state index contributed by atoms with van der Waals surface area (Å²) in [5.74, 6) is 0.685. The van der Waals surface area contributed by atoms with Gasteiger partial charge in [-0.25, -0.2) is 0 Å². The third kappa shape index (κ3) is 2.51. The third-order valence-electron chi connectivity index (χ3n) is 1.82. The molecule has 0 atom stereocenters. The second-order valence-electron chi connectivity index (χ2n) is 2.81. The van der Waals surface area contributed by atoms with Crippen molar-refractivity contribution in [3.8, 4) is 0 Å². The van der Waals surface area contributed by atoms with E-state index in [-0.39, 0.29) is 5.17 Å². The molecule has 0 aromatic carbocycles. The van der Waals surface area contributed by atoms with Crippen LogP contribution in [0.25, 0.3) is 0 Å². The van der Waals surface area contributed by atoms with Crippen molar-refractivity contribution < 1.29 is 0 Å². The molecule has 6 heteroatoms. The van der Waals surface area contributed by atoms with Crippen molar-refractivity contribution in [1.82, 2.24) is 9.78 Å². The lowest BCUT2D eigenvalue weighted by atomic mass is 10.4. The first-order chi connectivity index (χ1) is 6.56. The van der Waals surface area contributed by atoms with Gasteiger partial charge in [-0.2, -0.15) is 5.10 Å². The summed E-state index contributed by atoms with van der Waals surface area (Å²) in [6.45, 7) is 4.83. The summed E-state index contributed by atoms with van der Waals surface area (Å²) in [5.41, 5.74) is 7.36. The van der Waals surface area contributed by atoms with Crippen molar-refractivity contribution in [3.63, 3.8) is 0 Å². The topological polar surface area (TPSA) is 67.7 Å². The molecule has 1 aromatic heterocycles. The average Bonchev–Trinajstić information content (AvgIpc) is 2.40. The average molecular weight is 277 g/mol. The Hall–Kier alpha value is -0.490. The molecule has 0 bridgehead atoms. The van der Waals surface area contributed by atoms with Crippen LogP contribution in [0.3, 0.4) is 0 Å². The van der Waals surface area contributed by atoms with Crippen LogP contribution in [0.1, 0.15) is 18.3 Å². The van der Waals surface area contributed by atoms with Gasteiger partial charge in [0.2, 0.25) is 0 Å². The highest BCUT2D eigenvalue weighted by Crippen LogP contribution is 2.24. The monoisotopic (exact) mass is 276 g/mol. The lowest BCUT2D eigenvalue weighted by molar-refractivity contribution is 0.631. The van der Waals surface area contributed by atoms with E-state index in [1.165, 1.54) is 11.8 Å². The fourth-order valence-electron chi connectivity index (χ4n) is 1.15. The van der Waals surface area contributed by atoms with Gasteiger partial charge in [0, 0.05) is 12.3 Å². The first kappa shape index (κ1) is 11.6. The van der Waals surface area contributed by atoms with Crippen LogP contribution in [0, 0.1) is 12.3 Å². The number of nitrogens with zero attached hydrogens (tertiary/aromatic N) is 2. The number of aromatic nitrogens is 2. The lowest BCUT2D eigenvalue weighted by Gasteiger charge is -2.03. The fraction of sp³-hybridized carbons (Fsp3) is 0.500. The van der Waals surface area contributed by atoms with Crippen molar-refractivity contribution in [1.29, 1.82) is 5.41 Å². The maximum Gasteiger partial charge on any atom is 0.151 e. The minimum atomic E-state index is 0.137. The van der Waals surface area contributed by atoms with E-state index in [1.807, 2.05) is 18.5 Å². The van der Waals surface area contributed by atoms with E-state index in [9.17, 15) is 0 Å². The molecule has 0 spiro atoms. The molecule has 0 amide bonds. The van der Waals surface area contributed by atoms with Crippen LogP contribution in [0.5, 0.6) is 0 Å². The molecule has 14 heavy (non-hydrogen) atoms. The number of nitrogens with two attached hydrogens (primary N) is 1. The number of rotatable bonds is 3. The standard InChI is InChI=1S/C8H13BrN4S/c1-3-13-6(4-14-8(10)11)7(9)5(2)12-13/h3-4H2,1-2H3,(H3,10,11). The predicted octanol–water partition coefficient (Wildman–Crippen LogP) is 2.10. The molecule has 0 aliphatic carbocycles. The van der Waals surface area contributed by atoms with Crippen molar-refractivity contribution in [2.45, 2.75) is 26.1 Å². The largest absolute Gasteiger partial charge is 0.379 e. The number of halogens is 1. The van der Waals surface area contributed by atoms with Crippen molar-refractivity contribution in [2.24, 2.45) is 5.73 Å². The van der Waals surface area contributed by atoms with Crippen molar-refractivity contribution >= 4 is 32.9 Å². The number of amidine groups is 1. The van der Waals surface area contributed by atoms with Gasteiger partial charge < -0.3 is 5.73 Å². The molecule has 1 rings (SSSR count). The summed E-state index contributed by atoms with van der Waals surface area (Å²) in [6.07, 6.45) is 0. The highest BCUT2D eigenvalue weighted by atomic mass is 79.9. The van der Waals surface area contributed by atoms with E-state index in [2.05, 4.69) is 21.0 Å². The van der Waals surface area contributed by atoms with Gasteiger partial charge in [0.1, 0.15) is 0 Å². The summed E-state index contributed by atoms with van der Waals surface area (Å²) in [6, 6.07) is 0. The predicted molar refractivity (Wildman–Crippen MR) is 63.5 cm³/mol. The summed E-state index contributed by atoms with van der Waals surface area (Å²) in [7, 11) is 0. The Balaban J connectivity index is 2.88. The number of nitrogens with one attached hydrogen (secondary N) is 1. The Morgan fingerprint density at radius 2 is 2.36 bits per heavy atom. The second-order valence-corrected chi connectivity index (χ2v) is 4.62. The Morgan fingerprint density at radius 1 is 1.71 bits per heavy atom. The molecule has 0 radical (unpaired) electrons. The summed E-state index contributed by atoms with van der Waals surface area (Å²) < 4.78 is 2.95. The molecular weight excluding hydrogens is 264 g/mol. The van der Waals surface area contributed by atoms with E-state index in [0.717, 1.165) is 22.4 Å². The fourth-order valence-corrected chi connectivity index (χ4v) is 2.35. The minimum Gasteiger partial charge on any atom is -0.379 e. The molecular formula is C8H13BrN4S. The van der Waals surface area contributed by atoms with Crippen LogP contribution in [-0.4, -0.2) is 14.9 Å². The molecule has 1 aromatic rings. The smallest absolute Gasteiger partial charge is 0.151 e. The highest BCUT2D eigenvalue weighted by Gasteiger charge is 2.11. The first-order valence-corrected chi connectivity index (χ1v) is 6.02. The van der Waals surface area contributed by atoms with Crippen LogP contribution < -0.4 is 5.73 Å². The maximum absolute atomic E-state index is 7.14. The van der Waals surface area contributed by atoms with E-state index >= 15 is 0 Å². The second kappa shape index (κ2) is 4.84. The quantitative estimate of drug-likeness (QED) is 0.656. The Morgan fingerprint density at radius 3 is 2.86 bits per heavy atom. The molecule has 0 fully saturated rings. The molecule has 1 heterocycles. The molecule has 0 aliphatic rings. The van der Waals surface area contributed by atoms with E-state index in [1.54, 1.807) is 0 Å². The number of aryl methyl sites for hydroxylation is 2. The van der Waals surface area contributed by atoms with Gasteiger partial charge in [-0.15, -0.1) is 0 Å². The Labute approximate surface area is 95.9 Å². The van der Waals surface area contributed by atoms with Crippen LogP contribution >= 0.6 is 27.7 Å². The third-order valence-corrected chi connectivity index (χ3v) is 3.58. The first-order valence-electron chi connectivity index (χ1n) is 4.24. The maximum atomic E-state index is 7.14. The number of hydrogen-bond acceptors (Lipinski definition) is 3. The molecule has 0 saturated heterocycles. The van der Waals surface area contributed by atoms with Crippen LogP contribution in [-0.2, 0) is 12.3 Å². The van der Waals surface area contributed by atoms with E-state index < -0.39 is 0 Å². The normalized spacial score (nSPS) is 10.5. The van der Waals surface area contributed by atoms with Crippen LogP contribution in [0.2, 0.25) is 0 Å². The molecule has 3 N–H and O–H groups in total. The van der Waals surface area contributed by atoms with Crippen LogP contribution in [0.4, 0.5) is 0 Å². The van der Waals surface area contributed by atoms with Gasteiger partial charge in [-0.1, -0.05) is 11.8 Å². The Bertz CT molecular complexity index is 347. The van der Waals surface area contributed by atoms with Gasteiger partial charge in [-0.3, -0.25) is 10.1 Å². The SMILES string of the molecule is CCn1nc(C)c(Br)c1CSC(=N)N. The summed E-state index contributed by atoms with van der Waals surface area (Å²) in [5, 5.41) is 11.6. The minimum absolute atomic E-state index is 0.137. The highest BCUT2D eigenvalue weighted by molar-refractivity contribution is 9.10. The van der Waals surface area contributed by atoms with Crippen molar-refractivity contribution in [3.05, 3.63) is 15.9 Å². The van der Waals surface area contributed by atoms with Gasteiger partial charge in [-0.05, 0) is 29.8 Å². The molecule has 78 valence electrons. The zero-order chi connectivity index (χ0) is 10.7. The van der Waals surface area contributed by atoms with E-state index in [0.29, 0.717) is 5.75 Å². The zero-order valence-electron chi connectivity index (χ0n) is 8.17. The van der Waals surface area contributed by atoms with Crippen LogP contribution in [0.15, 0.2) is 4.47 Å². The molecule has 4 nitrogen and oxygen atoms in total. The lowest BCUT2D eigenvalue weighted by Crippen LogP contribution is -2.07. The zero-order valence-corrected chi connectivity index (χ0v) is 10.6. The molecule has 0 saturated carbocycles. The van der Waals surface area contributed by atoms with Crippen molar-refractivity contribution in [2.75, 3.05) is 0 Å². The van der Waals surface area contributed by atoms with Gasteiger partial charge in [0.05, 0.1) is 15.9 Å². The summed E-state index contributed by atoms with van der Waals surface area (Å²) in [4.78, 5) is 0.